The minimum absolute atomic E-state index is 0.0682. The molecule has 11 heteroatoms. The number of hydrogen-bond donors (Lipinski definition) is 2. The second-order valence-electron chi connectivity index (χ2n) is 14.4. The van der Waals surface area contributed by atoms with Gasteiger partial charge in [0, 0.05) is 28.5 Å². The molecule has 50 heavy (non-hydrogen) atoms. The quantitative estimate of drug-likeness (QED) is 0.191. The molecule has 2 aromatic heterocycles. The van der Waals surface area contributed by atoms with Gasteiger partial charge in [-0.1, -0.05) is 69.3 Å². The number of aromatic nitrogens is 4. The van der Waals surface area contributed by atoms with Crippen LogP contribution in [-0.2, 0) is 10.0 Å². The van der Waals surface area contributed by atoms with E-state index in [0.717, 1.165) is 44.8 Å². The summed E-state index contributed by atoms with van der Waals surface area (Å²) in [5, 5.41) is 7.40. The predicted octanol–water partition coefficient (Wildman–Crippen LogP) is 7.97. The summed E-state index contributed by atoms with van der Waals surface area (Å²) in [4.78, 5) is 25.6. The van der Waals surface area contributed by atoms with Gasteiger partial charge in [-0.3, -0.25) is 9.89 Å². The minimum atomic E-state index is -4.18. The lowest BCUT2D eigenvalue weighted by Crippen LogP contribution is -2.47. The molecule has 0 aliphatic carbocycles. The SMILES string of the molecule is Cc1cccc(C)c1-c1cc2nc(n1)NS(=O)(=O)c1cccc(c1)C(=O)N(C(C)c1ccc(-c3c(C)n[nH]c3C)cc1)[C@H](CC(C)(C)C)CO2. The number of sulfonamides is 1. The summed E-state index contributed by atoms with van der Waals surface area (Å²) in [6, 6.07) is 21.1. The topological polar surface area (TPSA) is 130 Å². The van der Waals surface area contributed by atoms with Crippen molar-refractivity contribution in [1.82, 2.24) is 25.1 Å². The molecule has 3 aromatic carbocycles. The van der Waals surface area contributed by atoms with E-state index in [4.69, 9.17) is 4.74 Å². The first kappa shape index (κ1) is 34.8. The van der Waals surface area contributed by atoms with Gasteiger partial charge in [0.15, 0.2) is 0 Å². The predicted molar refractivity (Wildman–Crippen MR) is 196 cm³/mol. The number of nitrogens with one attached hydrogen (secondary N) is 2. The van der Waals surface area contributed by atoms with Gasteiger partial charge in [0.2, 0.25) is 11.8 Å². The number of benzene rings is 3. The standard InChI is InChI=1S/C39H44N6O4S/c1-23-11-9-12-24(2)35(23)33-20-34-41-38(40-33)44-50(47,48)32-14-10-13-30(19-32)37(46)45(31(22-49-34)21-39(6,7)8)27(5)28-15-17-29(18-16-28)36-25(3)42-43-26(36)4/h9-20,27,31H,21-22H2,1-8H3,(H,42,43)(H,40,41,44)/t27?,31-/m1/s1. The maximum atomic E-state index is 14.7. The fourth-order valence-electron chi connectivity index (χ4n) is 6.86. The first-order valence-electron chi connectivity index (χ1n) is 16.8. The number of aromatic amines is 1. The van der Waals surface area contributed by atoms with Crippen molar-refractivity contribution in [2.75, 3.05) is 11.3 Å². The van der Waals surface area contributed by atoms with Gasteiger partial charge in [0.05, 0.1) is 28.4 Å². The van der Waals surface area contributed by atoms with Crippen LogP contribution in [0.4, 0.5) is 5.95 Å². The highest BCUT2D eigenvalue weighted by Crippen LogP contribution is 2.35. The van der Waals surface area contributed by atoms with Crippen LogP contribution in [-0.4, -0.2) is 52.0 Å². The number of carbonyl (C=O) groups is 1. The number of nitrogens with zero attached hydrogens (tertiary/aromatic N) is 4. The van der Waals surface area contributed by atoms with Gasteiger partial charge in [-0.05, 0) is 86.9 Å². The van der Waals surface area contributed by atoms with Crippen molar-refractivity contribution in [3.63, 3.8) is 0 Å². The second kappa shape index (κ2) is 13.4. The van der Waals surface area contributed by atoms with Crippen LogP contribution in [0.2, 0.25) is 0 Å². The molecule has 0 radical (unpaired) electrons. The number of hydrogen-bond acceptors (Lipinski definition) is 7. The molecule has 4 bridgehead atoms. The molecule has 1 aliphatic heterocycles. The van der Waals surface area contributed by atoms with Gasteiger partial charge >= 0.3 is 0 Å². The van der Waals surface area contributed by atoms with Crippen LogP contribution >= 0.6 is 0 Å². The highest BCUT2D eigenvalue weighted by molar-refractivity contribution is 7.92. The van der Waals surface area contributed by atoms with Crippen molar-refractivity contribution in [2.45, 2.75) is 78.8 Å². The Kier molecular flexibility index (Phi) is 9.30. The summed E-state index contributed by atoms with van der Waals surface area (Å²) in [7, 11) is -4.18. The van der Waals surface area contributed by atoms with Gasteiger partial charge in [-0.25, -0.2) is 18.1 Å². The van der Waals surface area contributed by atoms with E-state index >= 15 is 0 Å². The molecule has 0 fully saturated rings. The molecule has 1 unspecified atom stereocenters. The molecule has 1 aliphatic rings. The molecule has 5 aromatic rings. The molecular weight excluding hydrogens is 649 g/mol. The molecule has 260 valence electrons. The molecular formula is C39H44N6O4S. The van der Waals surface area contributed by atoms with E-state index in [2.05, 4.69) is 45.7 Å². The average Bonchev–Trinajstić information content (AvgIpc) is 3.39. The van der Waals surface area contributed by atoms with Crippen LogP contribution < -0.4 is 9.46 Å². The van der Waals surface area contributed by atoms with Crippen LogP contribution in [0.5, 0.6) is 5.88 Å². The van der Waals surface area contributed by atoms with Crippen LogP contribution in [0.25, 0.3) is 22.4 Å². The van der Waals surface area contributed by atoms with E-state index in [-0.39, 0.29) is 40.2 Å². The van der Waals surface area contributed by atoms with E-state index in [0.29, 0.717) is 12.1 Å². The Morgan fingerprint density at radius 3 is 2.22 bits per heavy atom. The number of aryl methyl sites for hydroxylation is 4. The molecule has 10 nitrogen and oxygen atoms in total. The van der Waals surface area contributed by atoms with Gasteiger partial charge in [-0.15, -0.1) is 0 Å². The number of ether oxygens (including phenoxy) is 1. The summed E-state index contributed by atoms with van der Waals surface area (Å²) >= 11 is 0. The first-order chi connectivity index (χ1) is 23.6. The van der Waals surface area contributed by atoms with Gasteiger partial charge in [-0.2, -0.15) is 10.1 Å². The molecule has 6 rings (SSSR count). The summed E-state index contributed by atoms with van der Waals surface area (Å²) in [6.45, 7) is 16.4. The molecule has 0 saturated heterocycles. The molecule has 1 amide bonds. The largest absolute Gasteiger partial charge is 0.475 e. The highest BCUT2D eigenvalue weighted by atomic mass is 32.2. The fourth-order valence-corrected chi connectivity index (χ4v) is 7.85. The van der Waals surface area contributed by atoms with Gasteiger partial charge in [0.25, 0.3) is 15.9 Å². The lowest BCUT2D eigenvalue weighted by atomic mass is 9.86. The van der Waals surface area contributed by atoms with Crippen LogP contribution in [0.3, 0.4) is 0 Å². The van der Waals surface area contributed by atoms with Crippen molar-refractivity contribution in [1.29, 1.82) is 0 Å². The monoisotopic (exact) mass is 692 g/mol. The van der Waals surface area contributed by atoms with Crippen molar-refractivity contribution in [3.8, 4) is 28.3 Å². The lowest BCUT2D eigenvalue weighted by molar-refractivity contribution is 0.0416. The Labute approximate surface area is 294 Å². The van der Waals surface area contributed by atoms with E-state index in [1.165, 1.54) is 12.1 Å². The molecule has 2 atom stereocenters. The van der Waals surface area contributed by atoms with Gasteiger partial charge in [0.1, 0.15) is 6.61 Å². The fraction of sp³-hybridized carbons (Fsp3) is 0.333. The number of rotatable bonds is 5. The zero-order chi connectivity index (χ0) is 36.0. The van der Waals surface area contributed by atoms with Crippen molar-refractivity contribution in [2.24, 2.45) is 5.41 Å². The third kappa shape index (κ3) is 7.14. The summed E-state index contributed by atoms with van der Waals surface area (Å²) in [5.41, 5.74) is 8.33. The highest BCUT2D eigenvalue weighted by Gasteiger charge is 2.35. The van der Waals surface area contributed by atoms with Gasteiger partial charge < -0.3 is 9.64 Å². The van der Waals surface area contributed by atoms with E-state index in [1.54, 1.807) is 18.2 Å². The maximum Gasteiger partial charge on any atom is 0.264 e. The van der Waals surface area contributed by atoms with Crippen LogP contribution in [0, 0.1) is 33.1 Å². The Morgan fingerprint density at radius 2 is 1.58 bits per heavy atom. The molecule has 0 saturated carbocycles. The van der Waals surface area contributed by atoms with E-state index in [9.17, 15) is 13.2 Å². The van der Waals surface area contributed by atoms with E-state index < -0.39 is 22.1 Å². The minimum Gasteiger partial charge on any atom is -0.475 e. The Balaban J connectivity index is 1.49. The average molecular weight is 693 g/mol. The van der Waals surface area contributed by atoms with Crippen molar-refractivity contribution in [3.05, 3.63) is 106 Å². The summed E-state index contributed by atoms with van der Waals surface area (Å²) in [6.07, 6.45) is 0.604. The van der Waals surface area contributed by atoms with Crippen molar-refractivity contribution >= 4 is 21.9 Å². The molecule has 3 heterocycles. The number of amides is 1. The number of fused-ring (bicyclic) bond motifs is 4. The Morgan fingerprint density at radius 1 is 0.900 bits per heavy atom. The third-order valence-corrected chi connectivity index (χ3v) is 10.5. The summed E-state index contributed by atoms with van der Waals surface area (Å²) < 4.78 is 36.5. The second-order valence-corrected chi connectivity index (χ2v) is 16.0. The molecule has 0 spiro atoms. The van der Waals surface area contributed by atoms with Crippen LogP contribution in [0.1, 0.15) is 78.6 Å². The maximum absolute atomic E-state index is 14.7. The van der Waals surface area contributed by atoms with E-state index in [1.807, 2.05) is 82.0 Å². The molecule has 2 N–H and O–H groups in total. The third-order valence-electron chi connectivity index (χ3n) is 9.18. The summed E-state index contributed by atoms with van der Waals surface area (Å²) in [5.74, 6) is -0.210. The zero-order valence-electron chi connectivity index (χ0n) is 29.8. The normalized spacial score (nSPS) is 16.8. The first-order valence-corrected chi connectivity index (χ1v) is 18.3. The van der Waals surface area contributed by atoms with Crippen molar-refractivity contribution < 1.29 is 17.9 Å². The Hall–Kier alpha value is -5.03. The number of anilines is 1. The smallest absolute Gasteiger partial charge is 0.264 e. The number of carbonyl (C=O) groups excluding carboxylic acids is 1. The number of H-pyrrole nitrogens is 1. The zero-order valence-corrected chi connectivity index (χ0v) is 30.6. The lowest BCUT2D eigenvalue weighted by Gasteiger charge is -2.39. The Bertz CT molecular complexity index is 2130. The van der Waals surface area contributed by atoms with Crippen LogP contribution in [0.15, 0.2) is 77.7 Å².